The molecule has 6 nitrogen and oxygen atoms in total. The third kappa shape index (κ3) is 4.66. The highest BCUT2D eigenvalue weighted by molar-refractivity contribution is 7.90. The molecule has 7 heteroatoms. The first-order valence-corrected chi connectivity index (χ1v) is 7.85. The van der Waals surface area contributed by atoms with E-state index < -0.39 is 9.84 Å². The topological polar surface area (TPSA) is 73.2 Å². The van der Waals surface area contributed by atoms with E-state index in [-0.39, 0.29) is 17.8 Å². The third-order valence-corrected chi connectivity index (χ3v) is 3.57. The maximum Gasteiger partial charge on any atom is 0.203 e. The number of hydrogen-bond donors (Lipinski definition) is 1. The lowest BCUT2D eigenvalue weighted by Gasteiger charge is -2.19. The number of hydrogen-bond acceptors (Lipinski definition) is 5. The molecule has 0 amide bonds. The van der Waals surface area contributed by atoms with Gasteiger partial charge < -0.3 is 14.6 Å². The van der Waals surface area contributed by atoms with E-state index >= 15 is 0 Å². The molecule has 0 aliphatic rings. The lowest BCUT2D eigenvalue weighted by molar-refractivity contribution is 0.190. The van der Waals surface area contributed by atoms with Crippen molar-refractivity contribution in [3.8, 4) is 0 Å². The Morgan fingerprint density at radius 2 is 2.17 bits per heavy atom. The minimum absolute atomic E-state index is 0.0939. The molecule has 0 saturated carbocycles. The average molecular weight is 275 g/mol. The van der Waals surface area contributed by atoms with Gasteiger partial charge in [0.2, 0.25) is 5.95 Å². The van der Waals surface area contributed by atoms with E-state index in [1.807, 2.05) is 18.4 Å². The lowest BCUT2D eigenvalue weighted by atomic mass is 10.3. The third-order valence-electron chi connectivity index (χ3n) is 2.48. The fourth-order valence-corrected chi connectivity index (χ4v) is 2.85. The molecule has 0 bridgehead atoms. The molecule has 2 atom stereocenters. The van der Waals surface area contributed by atoms with Gasteiger partial charge in [0, 0.05) is 37.8 Å². The maximum absolute atomic E-state index is 11.3. The van der Waals surface area contributed by atoms with Crippen LogP contribution < -0.4 is 5.32 Å². The summed E-state index contributed by atoms with van der Waals surface area (Å²) in [6.07, 6.45) is 4.67. The molecule has 104 valence electrons. The van der Waals surface area contributed by atoms with Crippen LogP contribution in [-0.4, -0.2) is 49.7 Å². The molecule has 0 fully saturated rings. The summed E-state index contributed by atoms with van der Waals surface area (Å²) in [5.41, 5.74) is 0. The van der Waals surface area contributed by atoms with E-state index in [0.717, 1.165) is 0 Å². The van der Waals surface area contributed by atoms with E-state index in [1.54, 1.807) is 19.5 Å². The van der Waals surface area contributed by atoms with Gasteiger partial charge in [-0.15, -0.1) is 0 Å². The fourth-order valence-electron chi connectivity index (χ4n) is 1.81. The lowest BCUT2D eigenvalue weighted by Crippen LogP contribution is -2.25. The van der Waals surface area contributed by atoms with Crippen molar-refractivity contribution in [2.75, 3.05) is 31.0 Å². The second-order valence-electron chi connectivity index (χ2n) is 4.60. The Balaban J connectivity index is 2.76. The first-order valence-electron chi connectivity index (χ1n) is 5.79. The van der Waals surface area contributed by atoms with E-state index in [1.165, 1.54) is 6.26 Å². The van der Waals surface area contributed by atoms with Crippen LogP contribution in [0.5, 0.6) is 0 Å². The first-order chi connectivity index (χ1) is 8.33. The van der Waals surface area contributed by atoms with Crippen LogP contribution in [0.4, 0.5) is 5.95 Å². The summed E-state index contributed by atoms with van der Waals surface area (Å²) >= 11 is 0. The van der Waals surface area contributed by atoms with E-state index in [0.29, 0.717) is 12.6 Å². The van der Waals surface area contributed by atoms with Crippen molar-refractivity contribution in [2.45, 2.75) is 25.9 Å². The highest BCUT2D eigenvalue weighted by Crippen LogP contribution is 2.15. The normalized spacial score (nSPS) is 15.3. The molecule has 0 aliphatic carbocycles. The van der Waals surface area contributed by atoms with Crippen molar-refractivity contribution in [3.63, 3.8) is 0 Å². The predicted molar refractivity (Wildman–Crippen MR) is 71.6 cm³/mol. The van der Waals surface area contributed by atoms with Crippen molar-refractivity contribution in [1.29, 1.82) is 0 Å². The number of anilines is 1. The highest BCUT2D eigenvalue weighted by Gasteiger charge is 2.16. The van der Waals surface area contributed by atoms with Crippen LogP contribution in [-0.2, 0) is 14.6 Å². The Hall–Kier alpha value is -1.08. The second kappa shape index (κ2) is 6.19. The number of imidazole rings is 1. The van der Waals surface area contributed by atoms with Crippen molar-refractivity contribution < 1.29 is 13.2 Å². The van der Waals surface area contributed by atoms with Crippen LogP contribution in [0.15, 0.2) is 12.4 Å². The molecule has 0 aliphatic heterocycles. The van der Waals surface area contributed by atoms with Crippen LogP contribution in [0, 0.1) is 0 Å². The molecule has 1 rings (SSSR count). The average Bonchev–Trinajstić information content (AvgIpc) is 2.63. The van der Waals surface area contributed by atoms with Crippen LogP contribution in [0.2, 0.25) is 0 Å². The quantitative estimate of drug-likeness (QED) is 0.801. The monoisotopic (exact) mass is 275 g/mol. The minimum Gasteiger partial charge on any atom is -0.383 e. The van der Waals surface area contributed by atoms with Crippen molar-refractivity contribution in [2.24, 2.45) is 0 Å². The van der Waals surface area contributed by atoms with E-state index in [9.17, 15) is 8.42 Å². The van der Waals surface area contributed by atoms with Crippen LogP contribution in [0.1, 0.15) is 19.9 Å². The largest absolute Gasteiger partial charge is 0.383 e. The summed E-state index contributed by atoms with van der Waals surface area (Å²) in [6, 6.07) is -0.0404. The van der Waals surface area contributed by atoms with E-state index in [2.05, 4.69) is 10.3 Å². The highest BCUT2D eigenvalue weighted by atomic mass is 32.2. The number of sulfone groups is 1. The SMILES string of the molecule is COCC(C)Nc1nccn1C(C)CS(C)(=O)=O. The molecule has 1 aromatic rings. The number of nitrogens with one attached hydrogen (secondary N) is 1. The molecular weight excluding hydrogens is 254 g/mol. The Morgan fingerprint density at radius 1 is 1.50 bits per heavy atom. The van der Waals surface area contributed by atoms with Gasteiger partial charge in [0.05, 0.1) is 12.4 Å². The number of methoxy groups -OCH3 is 1. The molecule has 1 aromatic heterocycles. The maximum atomic E-state index is 11.3. The molecular formula is C11H21N3O3S. The van der Waals surface area contributed by atoms with Crippen LogP contribution in [0.25, 0.3) is 0 Å². The van der Waals surface area contributed by atoms with Gasteiger partial charge >= 0.3 is 0 Å². The van der Waals surface area contributed by atoms with Gasteiger partial charge in [0.15, 0.2) is 0 Å². The Bertz CT molecular complexity index is 470. The summed E-state index contributed by atoms with van der Waals surface area (Å²) in [5.74, 6) is 0.757. The fraction of sp³-hybridized carbons (Fsp3) is 0.727. The van der Waals surface area contributed by atoms with Crippen LogP contribution in [0.3, 0.4) is 0 Å². The zero-order chi connectivity index (χ0) is 13.8. The van der Waals surface area contributed by atoms with Gasteiger partial charge in [0.1, 0.15) is 9.84 Å². The molecule has 1 N–H and O–H groups in total. The zero-order valence-electron chi connectivity index (χ0n) is 11.3. The number of aromatic nitrogens is 2. The minimum atomic E-state index is -3.01. The molecule has 2 unspecified atom stereocenters. The Labute approximate surface area is 108 Å². The summed E-state index contributed by atoms with van der Waals surface area (Å²) in [7, 11) is -1.37. The number of nitrogens with zero attached hydrogens (tertiary/aromatic N) is 2. The molecule has 0 saturated heterocycles. The summed E-state index contributed by atoms with van der Waals surface area (Å²) in [4.78, 5) is 4.19. The smallest absolute Gasteiger partial charge is 0.203 e. The number of ether oxygens (including phenoxy) is 1. The molecule has 1 heterocycles. The van der Waals surface area contributed by atoms with Crippen molar-refractivity contribution >= 4 is 15.8 Å². The van der Waals surface area contributed by atoms with Gasteiger partial charge in [-0.3, -0.25) is 0 Å². The van der Waals surface area contributed by atoms with Gasteiger partial charge in [-0.1, -0.05) is 0 Å². The molecule has 0 aromatic carbocycles. The Morgan fingerprint density at radius 3 is 2.72 bits per heavy atom. The molecule has 0 spiro atoms. The Kier molecular flexibility index (Phi) is 5.15. The van der Waals surface area contributed by atoms with Gasteiger partial charge in [0.25, 0.3) is 0 Å². The van der Waals surface area contributed by atoms with Crippen LogP contribution >= 0.6 is 0 Å². The van der Waals surface area contributed by atoms with Gasteiger partial charge in [-0.05, 0) is 13.8 Å². The van der Waals surface area contributed by atoms with Gasteiger partial charge in [-0.2, -0.15) is 0 Å². The van der Waals surface area contributed by atoms with Crippen molar-refractivity contribution in [1.82, 2.24) is 9.55 Å². The summed E-state index contributed by atoms with van der Waals surface area (Å²) in [5, 5.41) is 3.19. The zero-order valence-corrected chi connectivity index (χ0v) is 12.1. The summed E-state index contributed by atoms with van der Waals surface area (Å²) in [6.45, 7) is 4.39. The van der Waals surface area contributed by atoms with Crippen molar-refractivity contribution in [3.05, 3.63) is 12.4 Å². The second-order valence-corrected chi connectivity index (χ2v) is 6.79. The molecule has 0 radical (unpaired) electrons. The van der Waals surface area contributed by atoms with E-state index in [4.69, 9.17) is 4.74 Å². The number of rotatable bonds is 7. The predicted octanol–water partition coefficient (Wildman–Crippen LogP) is 0.936. The molecule has 18 heavy (non-hydrogen) atoms. The van der Waals surface area contributed by atoms with Gasteiger partial charge in [-0.25, -0.2) is 13.4 Å². The summed E-state index contributed by atoms with van der Waals surface area (Å²) < 4.78 is 29.5. The first kappa shape index (κ1) is 15.0. The standard InChI is InChI=1S/C11H21N3O3S/c1-9(7-17-3)13-11-12-5-6-14(11)10(2)8-18(4,15)16/h5-6,9-10H,7-8H2,1-4H3,(H,12,13).